The van der Waals surface area contributed by atoms with Crippen LogP contribution in [0.5, 0.6) is 0 Å². The quantitative estimate of drug-likeness (QED) is 0.363. The maximum atomic E-state index is 12.8. The molecule has 1 aromatic carbocycles. The van der Waals surface area contributed by atoms with Crippen LogP contribution in [-0.2, 0) is 32.7 Å². The predicted molar refractivity (Wildman–Crippen MR) is 85.0 cm³/mol. The molecule has 1 nitrogen and oxygen atoms in total. The van der Waals surface area contributed by atoms with Crippen molar-refractivity contribution in [1.82, 2.24) is 4.90 Å². The number of hydrogen-bond donors (Lipinski definition) is 0. The number of rotatable bonds is 3. The minimum absolute atomic E-state index is 0. The number of allylic oxidation sites excluding steroid dienone is 3. The molecule has 0 saturated carbocycles. The molecule has 0 unspecified atom stereocenters. The van der Waals surface area contributed by atoms with Crippen LogP contribution in [0.2, 0.25) is 0 Å². The number of halogens is 3. The van der Waals surface area contributed by atoms with E-state index < -0.39 is 13.0 Å². The van der Waals surface area contributed by atoms with E-state index in [-0.39, 0.29) is 32.7 Å². The van der Waals surface area contributed by atoms with E-state index in [0.29, 0.717) is 11.4 Å². The Labute approximate surface area is 162 Å². The number of alkyl halides is 2. The molecule has 1 radical (unpaired) electrons. The van der Waals surface area contributed by atoms with Crippen molar-refractivity contribution < 1.29 is 41.5 Å². The number of hydrogen-bond acceptors (Lipinski definition) is 1. The van der Waals surface area contributed by atoms with Gasteiger partial charge >= 0.3 is 0 Å². The van der Waals surface area contributed by atoms with Crippen molar-refractivity contribution in [3.8, 4) is 12.3 Å². The average molecular weight is 471 g/mol. The summed E-state index contributed by atoms with van der Waals surface area (Å²) in [4.78, 5) is 1.48. The van der Waals surface area contributed by atoms with E-state index in [1.807, 2.05) is 0 Å². The third kappa shape index (κ3) is 4.48. The summed E-state index contributed by atoms with van der Waals surface area (Å²) in [5.74, 6) is 2.52. The van der Waals surface area contributed by atoms with E-state index in [0.717, 1.165) is 14.7 Å². The minimum atomic E-state index is -2.45. The van der Waals surface area contributed by atoms with Crippen molar-refractivity contribution in [1.29, 1.82) is 0 Å². The summed E-state index contributed by atoms with van der Waals surface area (Å²) in [5.41, 5.74) is 2.67. The van der Waals surface area contributed by atoms with Gasteiger partial charge < -0.3 is 4.90 Å². The number of nitrogens with zero attached hydrogens (tertiary/aromatic N) is 1. The molecule has 1 aromatic rings. The van der Waals surface area contributed by atoms with E-state index in [1.54, 1.807) is 30.3 Å². The first-order valence-corrected chi connectivity index (χ1v) is 6.92. The smallest absolute Gasteiger partial charge is 0.256 e. The Morgan fingerprint density at radius 1 is 1.33 bits per heavy atom. The molecule has 0 atom stereocenters. The summed E-state index contributed by atoms with van der Waals surface area (Å²) in [6, 6.07) is 7.15. The number of terminal acetylenes is 1. The van der Waals surface area contributed by atoms with E-state index in [4.69, 9.17) is 6.42 Å². The Kier molecular flexibility index (Phi) is 7.25. The average Bonchev–Trinajstić information content (AvgIpc) is 2.44. The van der Waals surface area contributed by atoms with Crippen LogP contribution < -0.4 is 0 Å². The SMILES string of the molecule is C#Cc1ccc(C2=[C-]C=C(I)C(=C)N2CC(F)F)cc1.[Y]. The molecule has 21 heavy (non-hydrogen) atoms. The zero-order chi connectivity index (χ0) is 14.7. The molecule has 0 aromatic heterocycles. The van der Waals surface area contributed by atoms with Crippen LogP contribution in [-0.4, -0.2) is 17.9 Å². The van der Waals surface area contributed by atoms with Crippen molar-refractivity contribution in [2.45, 2.75) is 6.43 Å². The van der Waals surface area contributed by atoms with E-state index in [2.05, 4.69) is 41.2 Å². The van der Waals surface area contributed by atoms with Crippen LogP contribution in [0.25, 0.3) is 5.70 Å². The Bertz CT molecular complexity index is 627. The Morgan fingerprint density at radius 2 is 1.95 bits per heavy atom. The Morgan fingerprint density at radius 3 is 2.48 bits per heavy atom. The van der Waals surface area contributed by atoms with Gasteiger partial charge in [-0.05, 0) is 5.70 Å². The molecule has 0 spiro atoms. The van der Waals surface area contributed by atoms with Gasteiger partial charge in [-0.2, -0.15) is 12.2 Å². The molecule has 0 aliphatic carbocycles. The molecule has 0 amide bonds. The van der Waals surface area contributed by atoms with Gasteiger partial charge in [0.05, 0.1) is 6.54 Å². The second kappa shape index (κ2) is 8.21. The van der Waals surface area contributed by atoms with Crippen LogP contribution in [0.1, 0.15) is 11.1 Å². The fourth-order valence-electron chi connectivity index (χ4n) is 1.86. The summed E-state index contributed by atoms with van der Waals surface area (Å²) < 4.78 is 26.3. The molecule has 0 bridgehead atoms. The first kappa shape index (κ1) is 18.5. The molecule has 0 saturated heterocycles. The molecule has 105 valence electrons. The standard InChI is InChI=1S/C16H11F2IN.Y/c1-3-12-4-6-13(7-5-12)15-9-8-14(19)11(2)20(15)10-16(17)18;/h1,4-8,16H,2,10H2;/q-1;. The second-order valence-electron chi connectivity index (χ2n) is 4.16. The van der Waals surface area contributed by atoms with Crippen molar-refractivity contribution in [3.05, 3.63) is 63.4 Å². The first-order valence-electron chi connectivity index (χ1n) is 5.84. The van der Waals surface area contributed by atoms with E-state index in [1.165, 1.54) is 4.90 Å². The molecular weight excluding hydrogens is 460 g/mol. The van der Waals surface area contributed by atoms with Crippen LogP contribution >= 0.6 is 22.6 Å². The topological polar surface area (TPSA) is 3.24 Å². The third-order valence-corrected chi connectivity index (χ3v) is 3.79. The summed E-state index contributed by atoms with van der Waals surface area (Å²) in [7, 11) is 0. The van der Waals surface area contributed by atoms with Gasteiger partial charge in [-0.1, -0.05) is 39.5 Å². The maximum absolute atomic E-state index is 12.8. The molecule has 0 N–H and O–H groups in total. The fourth-order valence-corrected chi connectivity index (χ4v) is 2.31. The first-order chi connectivity index (χ1) is 9.52. The van der Waals surface area contributed by atoms with Crippen LogP contribution in [0, 0.1) is 18.4 Å². The summed E-state index contributed by atoms with van der Waals surface area (Å²) in [6.45, 7) is 3.46. The van der Waals surface area contributed by atoms with E-state index >= 15 is 0 Å². The molecular formula is C16H11F2INY-. The molecule has 0 fully saturated rings. The summed E-state index contributed by atoms with van der Waals surface area (Å²) in [6.07, 6.45) is 7.64. The van der Waals surface area contributed by atoms with Gasteiger partial charge in [-0.3, -0.25) is 0 Å². The predicted octanol–water partition coefficient (Wildman–Crippen LogP) is 4.22. The monoisotopic (exact) mass is 471 g/mol. The largest absolute Gasteiger partial charge is 0.369 e. The zero-order valence-electron chi connectivity index (χ0n) is 11.1. The zero-order valence-corrected chi connectivity index (χ0v) is 16.1. The molecule has 1 aliphatic heterocycles. The fraction of sp³-hybridized carbons (Fsp3) is 0.125. The molecule has 5 heteroatoms. The van der Waals surface area contributed by atoms with Gasteiger partial charge in [0.1, 0.15) is 0 Å². The summed E-state index contributed by atoms with van der Waals surface area (Å²) in [5, 5.41) is 0. The molecule has 1 aliphatic rings. The van der Waals surface area contributed by atoms with Gasteiger partial charge in [-0.15, -0.1) is 41.1 Å². The van der Waals surface area contributed by atoms with Crippen molar-refractivity contribution >= 4 is 28.3 Å². The van der Waals surface area contributed by atoms with Crippen LogP contribution in [0.15, 0.2) is 46.2 Å². The van der Waals surface area contributed by atoms with Gasteiger partial charge in [0.15, 0.2) is 0 Å². The van der Waals surface area contributed by atoms with Gasteiger partial charge in [-0.25, -0.2) is 8.78 Å². The van der Waals surface area contributed by atoms with Crippen molar-refractivity contribution in [3.63, 3.8) is 0 Å². The Balaban J connectivity index is 0.00000220. The third-order valence-electron chi connectivity index (χ3n) is 2.85. The normalized spacial score (nSPS) is 14.2. The number of benzene rings is 1. The van der Waals surface area contributed by atoms with Gasteiger partial charge in [0.25, 0.3) is 6.43 Å². The van der Waals surface area contributed by atoms with Crippen molar-refractivity contribution in [2.75, 3.05) is 6.54 Å². The maximum Gasteiger partial charge on any atom is 0.256 e. The minimum Gasteiger partial charge on any atom is -0.369 e. The molecule has 2 rings (SSSR count). The summed E-state index contributed by atoms with van der Waals surface area (Å²) >= 11 is 2.06. The van der Waals surface area contributed by atoms with Crippen molar-refractivity contribution in [2.24, 2.45) is 0 Å². The molecule has 1 heterocycles. The van der Waals surface area contributed by atoms with E-state index in [9.17, 15) is 8.78 Å². The Hall–Kier alpha value is -0.506. The van der Waals surface area contributed by atoms with Gasteiger partial charge in [0, 0.05) is 38.3 Å². The second-order valence-corrected chi connectivity index (χ2v) is 5.32. The van der Waals surface area contributed by atoms with Crippen LogP contribution in [0.3, 0.4) is 0 Å². The van der Waals surface area contributed by atoms with Crippen LogP contribution in [0.4, 0.5) is 8.78 Å². The van der Waals surface area contributed by atoms with Gasteiger partial charge in [0.2, 0.25) is 0 Å².